The molecule has 0 spiro atoms. The van der Waals surface area contributed by atoms with Crippen LogP contribution in [0.3, 0.4) is 0 Å². The summed E-state index contributed by atoms with van der Waals surface area (Å²) in [6.07, 6.45) is 0.0111. The number of piperidine rings is 1. The summed E-state index contributed by atoms with van der Waals surface area (Å²) in [7, 11) is 0. The molecule has 26 heavy (non-hydrogen) atoms. The molecule has 0 aliphatic carbocycles. The molecule has 3 rings (SSSR count). The fourth-order valence-corrected chi connectivity index (χ4v) is 3.41. The third kappa shape index (κ3) is 4.04. The lowest BCUT2D eigenvalue weighted by Crippen LogP contribution is -2.39. The van der Waals surface area contributed by atoms with Gasteiger partial charge in [0.25, 0.3) is 0 Å². The third-order valence-corrected chi connectivity index (χ3v) is 4.80. The van der Waals surface area contributed by atoms with Gasteiger partial charge in [-0.1, -0.05) is 18.2 Å². The molecule has 1 aliphatic rings. The Kier molecular flexibility index (Phi) is 5.27. The summed E-state index contributed by atoms with van der Waals surface area (Å²) in [4.78, 5) is 17.4. The van der Waals surface area contributed by atoms with Crippen LogP contribution in [0.4, 0.5) is 13.2 Å². The molecule has 0 amide bonds. The van der Waals surface area contributed by atoms with Crippen LogP contribution in [0.25, 0.3) is 0 Å². The van der Waals surface area contributed by atoms with Crippen molar-refractivity contribution < 1.29 is 23.1 Å². The van der Waals surface area contributed by atoms with Gasteiger partial charge in [-0.15, -0.1) is 0 Å². The lowest BCUT2D eigenvalue weighted by atomic mass is 9.91. The first-order chi connectivity index (χ1) is 12.4. The zero-order valence-corrected chi connectivity index (χ0v) is 14.0. The number of hydrogen-bond acceptors (Lipinski definition) is 3. The van der Waals surface area contributed by atoms with E-state index in [9.17, 15) is 18.0 Å². The number of aromatic nitrogens is 1. The van der Waals surface area contributed by atoms with E-state index in [1.165, 1.54) is 12.1 Å². The van der Waals surface area contributed by atoms with Crippen LogP contribution in [0.2, 0.25) is 0 Å². The Morgan fingerprint density at radius 3 is 2.27 bits per heavy atom. The van der Waals surface area contributed by atoms with Crippen molar-refractivity contribution in [3.63, 3.8) is 0 Å². The fourth-order valence-electron chi connectivity index (χ4n) is 3.41. The maximum absolute atomic E-state index is 12.8. The van der Waals surface area contributed by atoms with Gasteiger partial charge in [0.15, 0.2) is 0 Å². The molecule has 1 aromatic heterocycles. The molecule has 2 aromatic rings. The van der Waals surface area contributed by atoms with E-state index in [-0.39, 0.29) is 12.0 Å². The van der Waals surface area contributed by atoms with Crippen molar-refractivity contribution in [3.8, 4) is 0 Å². The van der Waals surface area contributed by atoms with E-state index in [2.05, 4.69) is 9.88 Å². The number of carboxylic acid groups (broad SMARTS) is 1. The van der Waals surface area contributed by atoms with E-state index in [1.54, 1.807) is 18.5 Å². The molecule has 7 heteroatoms. The molecule has 2 heterocycles. The number of carbonyl (C=O) groups is 1. The summed E-state index contributed by atoms with van der Waals surface area (Å²) in [6, 6.07) is 8.58. The highest BCUT2D eigenvalue weighted by atomic mass is 19.4. The number of benzene rings is 1. The van der Waals surface area contributed by atoms with Gasteiger partial charge in [-0.2, -0.15) is 13.2 Å². The molecule has 1 N–H and O–H groups in total. The average Bonchev–Trinajstić information content (AvgIpc) is 2.63. The summed E-state index contributed by atoms with van der Waals surface area (Å²) in [5, 5.41) is 9.17. The molecule has 1 aliphatic heterocycles. The number of carboxylic acids is 1. The second kappa shape index (κ2) is 7.45. The van der Waals surface area contributed by atoms with Gasteiger partial charge >= 0.3 is 12.1 Å². The Bertz CT molecular complexity index is 740. The lowest BCUT2D eigenvalue weighted by molar-refractivity contribution is -0.143. The number of hydrogen-bond donors (Lipinski definition) is 1. The second-order valence-electron chi connectivity index (χ2n) is 6.46. The smallest absolute Gasteiger partial charge is 0.416 e. The minimum absolute atomic E-state index is 0.249. The van der Waals surface area contributed by atoms with Gasteiger partial charge < -0.3 is 5.11 Å². The Balaban J connectivity index is 1.89. The Morgan fingerprint density at radius 2 is 1.77 bits per heavy atom. The maximum Gasteiger partial charge on any atom is 0.416 e. The second-order valence-corrected chi connectivity index (χ2v) is 6.46. The average molecular weight is 364 g/mol. The van der Waals surface area contributed by atoms with Crippen molar-refractivity contribution in [1.29, 1.82) is 0 Å². The number of aliphatic carboxylic acids is 1. The molecule has 138 valence electrons. The van der Waals surface area contributed by atoms with E-state index < -0.39 is 17.7 Å². The maximum atomic E-state index is 12.8. The van der Waals surface area contributed by atoms with Crippen LogP contribution in [0.5, 0.6) is 0 Å². The number of pyridine rings is 1. The number of alkyl halides is 3. The highest BCUT2D eigenvalue weighted by Gasteiger charge is 2.32. The SMILES string of the molecule is O=C(O)C1CCN(C(c2ccc(C(F)(F)F)cc2)c2cccnc2)CC1. The predicted molar refractivity (Wildman–Crippen MR) is 89.5 cm³/mol. The van der Waals surface area contributed by atoms with E-state index in [0.29, 0.717) is 25.9 Å². The van der Waals surface area contributed by atoms with Crippen LogP contribution in [0.15, 0.2) is 48.8 Å². The first-order valence-electron chi connectivity index (χ1n) is 8.40. The number of rotatable bonds is 4. The van der Waals surface area contributed by atoms with Crippen molar-refractivity contribution in [2.75, 3.05) is 13.1 Å². The largest absolute Gasteiger partial charge is 0.481 e. The first-order valence-corrected chi connectivity index (χ1v) is 8.40. The van der Waals surface area contributed by atoms with E-state index in [0.717, 1.165) is 23.3 Å². The molecular formula is C19H19F3N2O2. The van der Waals surface area contributed by atoms with E-state index in [1.807, 2.05) is 6.07 Å². The van der Waals surface area contributed by atoms with Crippen molar-refractivity contribution in [2.45, 2.75) is 25.1 Å². The Hall–Kier alpha value is -2.41. The highest BCUT2D eigenvalue weighted by molar-refractivity contribution is 5.70. The lowest BCUT2D eigenvalue weighted by Gasteiger charge is -2.37. The van der Waals surface area contributed by atoms with Gasteiger partial charge in [-0.3, -0.25) is 14.7 Å². The first kappa shape index (κ1) is 18.4. The molecule has 0 bridgehead atoms. The van der Waals surface area contributed by atoms with Crippen LogP contribution in [-0.2, 0) is 11.0 Å². The standard InChI is InChI=1S/C19H19F3N2O2/c20-19(21,22)16-5-3-13(4-6-16)17(15-2-1-9-23-12-15)24-10-7-14(8-11-24)18(25)26/h1-6,9,12,14,17H,7-8,10-11H2,(H,25,26). The minimum atomic E-state index is -4.37. The van der Waals surface area contributed by atoms with E-state index >= 15 is 0 Å². The number of halogens is 3. The zero-order chi connectivity index (χ0) is 18.7. The number of likely N-dealkylation sites (tertiary alicyclic amines) is 1. The van der Waals surface area contributed by atoms with Gasteiger partial charge in [0, 0.05) is 12.4 Å². The van der Waals surface area contributed by atoms with Gasteiger partial charge in [-0.25, -0.2) is 0 Å². The van der Waals surface area contributed by atoms with Crippen molar-refractivity contribution in [3.05, 3.63) is 65.5 Å². The van der Waals surface area contributed by atoms with Crippen molar-refractivity contribution >= 4 is 5.97 Å². The topological polar surface area (TPSA) is 53.4 Å². The molecule has 1 atom stereocenters. The van der Waals surface area contributed by atoms with Crippen LogP contribution in [0.1, 0.15) is 35.6 Å². The van der Waals surface area contributed by atoms with Gasteiger partial charge in [0.1, 0.15) is 0 Å². The van der Waals surface area contributed by atoms with Crippen LogP contribution in [0, 0.1) is 5.92 Å². The summed E-state index contributed by atoms with van der Waals surface area (Å²) in [6.45, 7) is 1.13. The fraction of sp³-hybridized carbons (Fsp3) is 0.368. The van der Waals surface area contributed by atoms with Crippen LogP contribution in [-0.4, -0.2) is 34.0 Å². The number of nitrogens with zero attached hydrogens (tertiary/aromatic N) is 2. The molecule has 1 aromatic carbocycles. The summed E-state index contributed by atoms with van der Waals surface area (Å²) in [5.41, 5.74) is 0.927. The van der Waals surface area contributed by atoms with E-state index in [4.69, 9.17) is 5.11 Å². The highest BCUT2D eigenvalue weighted by Crippen LogP contribution is 2.34. The molecule has 0 saturated carbocycles. The normalized spacial score (nSPS) is 17.8. The van der Waals surface area contributed by atoms with Gasteiger partial charge in [0.05, 0.1) is 17.5 Å². The Labute approximate surface area is 149 Å². The summed E-state index contributed by atoms with van der Waals surface area (Å²) in [5.74, 6) is -1.16. The minimum Gasteiger partial charge on any atom is -0.481 e. The molecule has 4 nitrogen and oxygen atoms in total. The Morgan fingerprint density at radius 1 is 1.12 bits per heavy atom. The third-order valence-electron chi connectivity index (χ3n) is 4.80. The quantitative estimate of drug-likeness (QED) is 0.891. The molecule has 0 radical (unpaired) electrons. The predicted octanol–water partition coefficient (Wildman–Crippen LogP) is 3.99. The van der Waals surface area contributed by atoms with Crippen molar-refractivity contribution in [2.24, 2.45) is 5.92 Å². The van der Waals surface area contributed by atoms with Crippen LogP contribution >= 0.6 is 0 Å². The monoisotopic (exact) mass is 364 g/mol. The molecule has 1 saturated heterocycles. The summed E-state index contributed by atoms with van der Waals surface area (Å²) >= 11 is 0. The van der Waals surface area contributed by atoms with Crippen molar-refractivity contribution in [1.82, 2.24) is 9.88 Å². The molecule has 1 unspecified atom stereocenters. The zero-order valence-electron chi connectivity index (χ0n) is 14.0. The van der Waals surface area contributed by atoms with Crippen LogP contribution < -0.4 is 0 Å². The molecular weight excluding hydrogens is 345 g/mol. The summed E-state index contributed by atoms with van der Waals surface area (Å²) < 4.78 is 38.5. The molecule has 1 fully saturated rings. The van der Waals surface area contributed by atoms with Gasteiger partial charge in [0.2, 0.25) is 0 Å². The van der Waals surface area contributed by atoms with Gasteiger partial charge in [-0.05, 0) is 55.3 Å².